The van der Waals surface area contributed by atoms with Gasteiger partial charge in [-0.2, -0.15) is 0 Å². The first-order valence-electron chi connectivity index (χ1n) is 6.16. The van der Waals surface area contributed by atoms with Crippen LogP contribution in [0.2, 0.25) is 5.02 Å². The molecule has 1 heterocycles. The van der Waals surface area contributed by atoms with Gasteiger partial charge in [-0.15, -0.1) is 17.8 Å². The maximum absolute atomic E-state index is 11.9. The van der Waals surface area contributed by atoms with Gasteiger partial charge in [-0.05, 0) is 31.2 Å². The van der Waals surface area contributed by atoms with Crippen molar-refractivity contribution in [1.29, 1.82) is 0 Å². The maximum atomic E-state index is 11.9. The number of halogens is 1. The van der Waals surface area contributed by atoms with Crippen LogP contribution in [0.15, 0.2) is 24.3 Å². The van der Waals surface area contributed by atoms with Crippen LogP contribution >= 0.6 is 22.9 Å². The molecule has 0 fully saturated rings. The Morgan fingerprint density at radius 2 is 2.19 bits per heavy atom. The van der Waals surface area contributed by atoms with E-state index in [0.717, 1.165) is 5.01 Å². The molecule has 0 atom stereocenters. The highest BCUT2D eigenvalue weighted by molar-refractivity contribution is 7.13. The zero-order valence-corrected chi connectivity index (χ0v) is 12.9. The van der Waals surface area contributed by atoms with Gasteiger partial charge in [-0.25, -0.2) is 4.98 Å². The van der Waals surface area contributed by atoms with Gasteiger partial charge in [-0.3, -0.25) is 4.79 Å². The number of benzene rings is 1. The molecular formula is C15H13ClN2O2S. The van der Waals surface area contributed by atoms with Gasteiger partial charge in [0.1, 0.15) is 22.2 Å². The van der Waals surface area contributed by atoms with Crippen molar-refractivity contribution in [2.75, 3.05) is 6.54 Å². The summed E-state index contributed by atoms with van der Waals surface area (Å²) < 4.78 is 5.60. The van der Waals surface area contributed by atoms with Crippen molar-refractivity contribution < 1.29 is 9.53 Å². The number of carbonyl (C=O) groups excluding carboxylic acids is 1. The molecule has 0 saturated carbocycles. The summed E-state index contributed by atoms with van der Waals surface area (Å²) in [6.07, 6.45) is 5.11. The Hall–Kier alpha value is -2.03. The number of nitrogens with one attached hydrogen (secondary N) is 1. The van der Waals surface area contributed by atoms with Crippen LogP contribution in [0.5, 0.6) is 5.75 Å². The number of aryl methyl sites for hydroxylation is 1. The molecule has 0 radical (unpaired) electrons. The molecule has 1 aromatic heterocycles. The van der Waals surface area contributed by atoms with Gasteiger partial charge in [-0.1, -0.05) is 17.5 Å². The number of nitrogens with zero attached hydrogens (tertiary/aromatic N) is 1. The third-order valence-corrected chi connectivity index (χ3v) is 3.96. The number of rotatable bonds is 5. The van der Waals surface area contributed by atoms with Crippen molar-refractivity contribution in [2.24, 2.45) is 0 Å². The topological polar surface area (TPSA) is 51.2 Å². The molecule has 0 aliphatic heterocycles. The lowest BCUT2D eigenvalue weighted by atomic mass is 10.3. The normalized spacial score (nSPS) is 9.95. The Morgan fingerprint density at radius 1 is 1.48 bits per heavy atom. The molecule has 1 N–H and O–H groups in total. The van der Waals surface area contributed by atoms with Crippen LogP contribution < -0.4 is 10.1 Å². The first kappa shape index (κ1) is 15.4. The van der Waals surface area contributed by atoms with E-state index in [1.165, 1.54) is 11.3 Å². The summed E-state index contributed by atoms with van der Waals surface area (Å²) in [5.41, 5.74) is 0.671. The molecular weight excluding hydrogens is 308 g/mol. The van der Waals surface area contributed by atoms with E-state index in [2.05, 4.69) is 16.2 Å². The van der Waals surface area contributed by atoms with Gasteiger partial charge < -0.3 is 10.1 Å². The van der Waals surface area contributed by atoms with Gasteiger partial charge in [0.2, 0.25) is 0 Å². The van der Waals surface area contributed by atoms with Crippen LogP contribution in [-0.2, 0) is 6.61 Å². The fourth-order valence-corrected chi connectivity index (χ4v) is 2.63. The van der Waals surface area contributed by atoms with Gasteiger partial charge >= 0.3 is 0 Å². The first-order chi connectivity index (χ1) is 10.1. The number of ether oxygens (including phenoxy) is 1. The number of terminal acetylenes is 1. The van der Waals surface area contributed by atoms with E-state index in [1.807, 2.05) is 0 Å². The van der Waals surface area contributed by atoms with Crippen LogP contribution in [0.4, 0.5) is 0 Å². The fraction of sp³-hybridized carbons (Fsp3) is 0.200. The highest BCUT2D eigenvalue weighted by Crippen LogP contribution is 2.21. The number of hydrogen-bond acceptors (Lipinski definition) is 4. The summed E-state index contributed by atoms with van der Waals surface area (Å²) in [5.74, 6) is 2.85. The van der Waals surface area contributed by atoms with Crippen LogP contribution in [-0.4, -0.2) is 17.4 Å². The van der Waals surface area contributed by atoms with Gasteiger partial charge in [0, 0.05) is 5.02 Å². The first-order valence-corrected chi connectivity index (χ1v) is 7.36. The van der Waals surface area contributed by atoms with Crippen LogP contribution in [0.3, 0.4) is 0 Å². The molecule has 0 aliphatic rings. The molecule has 1 amide bonds. The Kier molecular flexibility index (Phi) is 5.20. The molecule has 6 heteroatoms. The van der Waals surface area contributed by atoms with Crippen molar-refractivity contribution in [3.05, 3.63) is 44.9 Å². The average molecular weight is 321 g/mol. The summed E-state index contributed by atoms with van der Waals surface area (Å²) in [6.45, 7) is 2.29. The zero-order chi connectivity index (χ0) is 15.2. The highest BCUT2D eigenvalue weighted by Gasteiger charge is 2.14. The molecule has 2 aromatic rings. The van der Waals surface area contributed by atoms with Crippen LogP contribution in [0, 0.1) is 19.3 Å². The number of aromatic nitrogens is 1. The predicted octanol–water partition coefficient (Wildman–Crippen LogP) is 3.05. The van der Waals surface area contributed by atoms with Gasteiger partial charge in [0.25, 0.3) is 5.91 Å². The largest absolute Gasteiger partial charge is 0.486 e. The second kappa shape index (κ2) is 7.11. The molecule has 2 rings (SSSR count). The van der Waals surface area contributed by atoms with Crippen LogP contribution in [0.25, 0.3) is 0 Å². The molecule has 0 saturated heterocycles. The second-order valence-corrected chi connectivity index (χ2v) is 5.67. The van der Waals surface area contributed by atoms with Crippen molar-refractivity contribution in [1.82, 2.24) is 10.3 Å². The minimum absolute atomic E-state index is 0.201. The lowest BCUT2D eigenvalue weighted by Gasteiger charge is -2.03. The van der Waals surface area contributed by atoms with Crippen molar-refractivity contribution in [3.63, 3.8) is 0 Å². The minimum atomic E-state index is -0.208. The molecule has 1 aromatic carbocycles. The number of hydrogen-bond donors (Lipinski definition) is 1. The summed E-state index contributed by atoms with van der Waals surface area (Å²) >= 11 is 7.10. The van der Waals surface area contributed by atoms with E-state index in [-0.39, 0.29) is 12.5 Å². The van der Waals surface area contributed by atoms with Gasteiger partial charge in [0.05, 0.1) is 12.2 Å². The number of amides is 1. The van der Waals surface area contributed by atoms with E-state index < -0.39 is 0 Å². The summed E-state index contributed by atoms with van der Waals surface area (Å²) in [6, 6.07) is 7.07. The highest BCUT2D eigenvalue weighted by atomic mass is 35.5. The molecule has 108 valence electrons. The second-order valence-electron chi connectivity index (χ2n) is 4.15. The average Bonchev–Trinajstić information content (AvgIpc) is 2.85. The zero-order valence-electron chi connectivity index (χ0n) is 11.4. The Labute approximate surface area is 132 Å². The molecule has 0 aliphatic carbocycles. The SMILES string of the molecule is C#CCNC(=O)c1sc(COc2ccc(Cl)cc2)nc1C. The fourth-order valence-electron chi connectivity index (χ4n) is 1.61. The monoisotopic (exact) mass is 320 g/mol. The maximum Gasteiger partial charge on any atom is 0.264 e. The molecule has 21 heavy (non-hydrogen) atoms. The summed E-state index contributed by atoms with van der Waals surface area (Å²) in [5, 5.41) is 4.01. The Balaban J connectivity index is 2.00. The third-order valence-electron chi connectivity index (χ3n) is 2.57. The van der Waals surface area contributed by atoms with Crippen molar-refractivity contribution in [3.8, 4) is 18.1 Å². The molecule has 0 spiro atoms. The van der Waals surface area contributed by atoms with E-state index in [4.69, 9.17) is 22.8 Å². The minimum Gasteiger partial charge on any atom is -0.486 e. The quantitative estimate of drug-likeness (QED) is 0.861. The number of thiazole rings is 1. The van der Waals surface area contributed by atoms with Crippen molar-refractivity contribution >= 4 is 28.8 Å². The van der Waals surface area contributed by atoms with Gasteiger partial charge in [0.15, 0.2) is 0 Å². The molecule has 0 bridgehead atoms. The van der Waals surface area contributed by atoms with E-state index in [0.29, 0.717) is 28.0 Å². The summed E-state index contributed by atoms with van der Waals surface area (Å²) in [4.78, 5) is 16.7. The molecule has 0 unspecified atom stereocenters. The predicted molar refractivity (Wildman–Crippen MR) is 83.8 cm³/mol. The Bertz CT molecular complexity index is 674. The van der Waals surface area contributed by atoms with Crippen molar-refractivity contribution in [2.45, 2.75) is 13.5 Å². The number of carbonyl (C=O) groups is 1. The lowest BCUT2D eigenvalue weighted by molar-refractivity contribution is 0.0962. The van der Waals surface area contributed by atoms with E-state index in [1.54, 1.807) is 31.2 Å². The summed E-state index contributed by atoms with van der Waals surface area (Å²) in [7, 11) is 0. The third kappa shape index (κ3) is 4.22. The lowest BCUT2D eigenvalue weighted by Crippen LogP contribution is -2.23. The smallest absolute Gasteiger partial charge is 0.264 e. The van der Waals surface area contributed by atoms with Crippen LogP contribution in [0.1, 0.15) is 20.4 Å². The standard InChI is InChI=1S/C15H13ClN2O2S/c1-3-8-17-15(19)14-10(2)18-13(21-14)9-20-12-6-4-11(16)5-7-12/h1,4-7H,8-9H2,2H3,(H,17,19). The van der Waals surface area contributed by atoms with E-state index in [9.17, 15) is 4.79 Å². The molecule has 4 nitrogen and oxygen atoms in total. The Morgan fingerprint density at radius 3 is 2.86 bits per heavy atom. The van der Waals surface area contributed by atoms with E-state index >= 15 is 0 Å².